The fraction of sp³-hybridized carbons (Fsp3) is 0.375. The van der Waals surface area contributed by atoms with E-state index in [1.807, 2.05) is 47.2 Å². The van der Waals surface area contributed by atoms with Crippen LogP contribution in [-0.2, 0) is 11.2 Å². The number of benzene rings is 1. The number of amides is 2. The van der Waals surface area contributed by atoms with Crippen LogP contribution >= 0.6 is 0 Å². The molecule has 0 spiro atoms. The SMILES string of the molecule is CN1C(=O)COc2ccccc2C/C=C/C[C@H]2CN(C(=O)c3ccccn3)CC[C@H]21. The van der Waals surface area contributed by atoms with Crippen LogP contribution in [0.2, 0.25) is 0 Å². The second kappa shape index (κ2) is 9.11. The van der Waals surface area contributed by atoms with Gasteiger partial charge in [-0.05, 0) is 43.0 Å². The minimum absolute atomic E-state index is 0.0248. The molecule has 30 heavy (non-hydrogen) atoms. The Bertz CT molecular complexity index is 928. The molecule has 6 nitrogen and oxygen atoms in total. The summed E-state index contributed by atoms with van der Waals surface area (Å²) in [6, 6.07) is 13.3. The maximum atomic E-state index is 12.9. The highest BCUT2D eigenvalue weighted by Gasteiger charge is 2.35. The number of carbonyl (C=O) groups is 2. The highest BCUT2D eigenvalue weighted by molar-refractivity contribution is 5.92. The van der Waals surface area contributed by atoms with Crippen molar-refractivity contribution in [2.24, 2.45) is 5.92 Å². The van der Waals surface area contributed by atoms with Gasteiger partial charge in [0.05, 0.1) is 0 Å². The number of para-hydroxylation sites is 1. The van der Waals surface area contributed by atoms with Gasteiger partial charge >= 0.3 is 0 Å². The van der Waals surface area contributed by atoms with Crippen molar-refractivity contribution < 1.29 is 14.3 Å². The summed E-state index contributed by atoms with van der Waals surface area (Å²) in [5.41, 5.74) is 1.53. The van der Waals surface area contributed by atoms with Gasteiger partial charge in [-0.15, -0.1) is 0 Å². The number of allylic oxidation sites excluding steroid dienone is 2. The van der Waals surface area contributed by atoms with Crippen LogP contribution in [0.1, 0.15) is 28.9 Å². The topological polar surface area (TPSA) is 62.7 Å². The van der Waals surface area contributed by atoms with Gasteiger partial charge in [0.25, 0.3) is 11.8 Å². The van der Waals surface area contributed by atoms with Crippen LogP contribution in [0.4, 0.5) is 0 Å². The van der Waals surface area contributed by atoms with Gasteiger partial charge in [0.2, 0.25) is 0 Å². The number of nitrogens with zero attached hydrogens (tertiary/aromatic N) is 3. The second-order valence-corrected chi connectivity index (χ2v) is 7.89. The van der Waals surface area contributed by atoms with Crippen molar-refractivity contribution in [3.05, 3.63) is 72.1 Å². The first-order valence-corrected chi connectivity index (χ1v) is 10.4. The Hall–Kier alpha value is -3.15. The van der Waals surface area contributed by atoms with Gasteiger partial charge in [-0.3, -0.25) is 14.6 Å². The van der Waals surface area contributed by atoms with Crippen molar-refractivity contribution in [3.8, 4) is 5.75 Å². The Labute approximate surface area is 177 Å². The van der Waals surface area contributed by atoms with Crippen LogP contribution in [-0.4, -0.2) is 59.4 Å². The lowest BCUT2D eigenvalue weighted by Gasteiger charge is -2.42. The number of hydrogen-bond acceptors (Lipinski definition) is 4. The largest absolute Gasteiger partial charge is 0.483 e. The molecule has 0 radical (unpaired) electrons. The molecule has 0 saturated carbocycles. The van der Waals surface area contributed by atoms with Gasteiger partial charge in [-0.1, -0.05) is 36.4 Å². The van der Waals surface area contributed by atoms with Crippen molar-refractivity contribution in [2.75, 3.05) is 26.7 Å². The van der Waals surface area contributed by atoms with Crippen LogP contribution in [0, 0.1) is 5.92 Å². The monoisotopic (exact) mass is 405 g/mol. The molecular weight excluding hydrogens is 378 g/mol. The summed E-state index contributed by atoms with van der Waals surface area (Å²) in [5, 5.41) is 0. The third-order valence-electron chi connectivity index (χ3n) is 6.02. The fourth-order valence-electron chi connectivity index (χ4n) is 4.32. The Balaban J connectivity index is 1.54. The molecule has 0 aliphatic carbocycles. The number of ether oxygens (including phenoxy) is 1. The number of pyridine rings is 1. The first-order chi connectivity index (χ1) is 14.6. The van der Waals surface area contributed by atoms with Gasteiger partial charge in [0.15, 0.2) is 6.61 Å². The fourth-order valence-corrected chi connectivity index (χ4v) is 4.32. The van der Waals surface area contributed by atoms with E-state index in [4.69, 9.17) is 4.74 Å². The smallest absolute Gasteiger partial charge is 0.272 e. The quantitative estimate of drug-likeness (QED) is 0.685. The first-order valence-electron chi connectivity index (χ1n) is 10.4. The van der Waals surface area contributed by atoms with Crippen LogP contribution in [0.15, 0.2) is 60.8 Å². The minimum Gasteiger partial charge on any atom is -0.483 e. The molecule has 1 aromatic carbocycles. The summed E-state index contributed by atoms with van der Waals surface area (Å²) in [6.07, 6.45) is 8.29. The summed E-state index contributed by atoms with van der Waals surface area (Å²) < 4.78 is 5.84. The van der Waals surface area contributed by atoms with Crippen LogP contribution in [0.5, 0.6) is 5.75 Å². The summed E-state index contributed by atoms with van der Waals surface area (Å²) >= 11 is 0. The molecular formula is C24H27N3O3. The first kappa shape index (κ1) is 20.1. The normalized spacial score (nSPS) is 23.3. The van der Waals surface area contributed by atoms with Crippen molar-refractivity contribution in [2.45, 2.75) is 25.3 Å². The summed E-state index contributed by atoms with van der Waals surface area (Å²) in [7, 11) is 1.85. The lowest BCUT2D eigenvalue weighted by Crippen LogP contribution is -2.53. The molecule has 1 saturated heterocycles. The number of likely N-dealkylation sites (tertiary alicyclic amines) is 1. The maximum absolute atomic E-state index is 12.9. The lowest BCUT2D eigenvalue weighted by molar-refractivity contribution is -0.136. The van der Waals surface area contributed by atoms with E-state index in [1.165, 1.54) is 0 Å². The van der Waals surface area contributed by atoms with E-state index in [0.717, 1.165) is 30.6 Å². The lowest BCUT2D eigenvalue weighted by atomic mass is 9.87. The van der Waals surface area contributed by atoms with E-state index < -0.39 is 0 Å². The Morgan fingerprint density at radius 2 is 1.97 bits per heavy atom. The van der Waals surface area contributed by atoms with Crippen molar-refractivity contribution in [3.63, 3.8) is 0 Å². The zero-order valence-corrected chi connectivity index (χ0v) is 17.2. The Kier molecular flexibility index (Phi) is 6.12. The van der Waals surface area contributed by atoms with Gasteiger partial charge in [-0.2, -0.15) is 0 Å². The molecule has 2 amide bonds. The third kappa shape index (κ3) is 4.37. The third-order valence-corrected chi connectivity index (χ3v) is 6.02. The molecule has 0 bridgehead atoms. The maximum Gasteiger partial charge on any atom is 0.272 e. The number of hydrogen-bond donors (Lipinski definition) is 0. The summed E-state index contributed by atoms with van der Waals surface area (Å²) in [5.74, 6) is 0.854. The van der Waals surface area contributed by atoms with Crippen LogP contribution < -0.4 is 4.74 Å². The molecule has 2 aliphatic heterocycles. The molecule has 2 aromatic rings. The Morgan fingerprint density at radius 1 is 1.13 bits per heavy atom. The molecule has 4 rings (SSSR count). The van der Waals surface area contributed by atoms with Crippen LogP contribution in [0.25, 0.3) is 0 Å². The predicted molar refractivity (Wildman–Crippen MR) is 114 cm³/mol. The number of fused-ring (bicyclic) bond motifs is 2. The molecule has 0 N–H and O–H groups in total. The van der Waals surface area contributed by atoms with Gasteiger partial charge in [-0.25, -0.2) is 0 Å². The van der Waals surface area contributed by atoms with E-state index in [-0.39, 0.29) is 30.4 Å². The Morgan fingerprint density at radius 3 is 2.80 bits per heavy atom. The van der Waals surface area contributed by atoms with E-state index in [1.54, 1.807) is 18.3 Å². The summed E-state index contributed by atoms with van der Waals surface area (Å²) in [4.78, 5) is 33.6. The highest BCUT2D eigenvalue weighted by atomic mass is 16.5. The minimum atomic E-state index is -0.0459. The molecule has 0 unspecified atom stereocenters. The predicted octanol–water partition coefficient (Wildman–Crippen LogP) is 2.95. The zero-order valence-electron chi connectivity index (χ0n) is 17.2. The highest BCUT2D eigenvalue weighted by Crippen LogP contribution is 2.27. The molecule has 1 aromatic heterocycles. The second-order valence-electron chi connectivity index (χ2n) is 7.89. The molecule has 3 heterocycles. The molecule has 2 atom stereocenters. The zero-order chi connectivity index (χ0) is 20.9. The average molecular weight is 405 g/mol. The van der Waals surface area contributed by atoms with Crippen molar-refractivity contribution in [1.29, 1.82) is 0 Å². The van der Waals surface area contributed by atoms with Gasteiger partial charge in [0, 0.05) is 38.3 Å². The molecule has 156 valence electrons. The van der Waals surface area contributed by atoms with E-state index in [2.05, 4.69) is 17.1 Å². The van der Waals surface area contributed by atoms with E-state index in [9.17, 15) is 9.59 Å². The van der Waals surface area contributed by atoms with Gasteiger partial charge in [0.1, 0.15) is 11.4 Å². The van der Waals surface area contributed by atoms with E-state index >= 15 is 0 Å². The number of carbonyl (C=O) groups excluding carboxylic acids is 2. The van der Waals surface area contributed by atoms with Crippen molar-refractivity contribution in [1.82, 2.24) is 14.8 Å². The molecule has 2 aliphatic rings. The average Bonchev–Trinajstić information content (AvgIpc) is 2.79. The van der Waals surface area contributed by atoms with Crippen molar-refractivity contribution >= 4 is 11.8 Å². The number of aromatic nitrogens is 1. The standard InChI is InChI=1S/C24H27N3O3/c1-26-21-13-15-27(24(29)20-11-6-7-14-25-20)16-19(21)10-3-2-8-18-9-4-5-12-22(18)30-17-23(26)28/h2-7,9,11-12,14,19,21H,8,10,13,15-17H2,1H3/b3-2+/t19-,21+/m0/s1. The van der Waals surface area contributed by atoms with Crippen LogP contribution in [0.3, 0.4) is 0 Å². The number of rotatable bonds is 1. The number of piperidine rings is 1. The van der Waals surface area contributed by atoms with E-state index in [0.29, 0.717) is 18.8 Å². The molecule has 6 heteroatoms. The number of likely N-dealkylation sites (N-methyl/N-ethyl adjacent to an activating group) is 1. The summed E-state index contributed by atoms with van der Waals surface area (Å²) in [6.45, 7) is 1.25. The van der Waals surface area contributed by atoms with Gasteiger partial charge < -0.3 is 14.5 Å². The molecule has 1 fully saturated rings.